The van der Waals surface area contributed by atoms with Crippen molar-refractivity contribution in [3.05, 3.63) is 35.9 Å². The van der Waals surface area contributed by atoms with Crippen molar-refractivity contribution in [1.29, 1.82) is 0 Å². The van der Waals surface area contributed by atoms with Crippen molar-refractivity contribution < 1.29 is 9.59 Å². The number of likely N-dealkylation sites (tertiary alicyclic amines) is 2. The van der Waals surface area contributed by atoms with Gasteiger partial charge in [-0.25, -0.2) is 0 Å². The van der Waals surface area contributed by atoms with Crippen LogP contribution in [0.15, 0.2) is 30.3 Å². The molecule has 0 bridgehead atoms. The van der Waals surface area contributed by atoms with Crippen molar-refractivity contribution in [2.75, 3.05) is 26.2 Å². The zero-order valence-electron chi connectivity index (χ0n) is 13.9. The average molecular weight is 352 g/mol. The second-order valence-electron chi connectivity index (χ2n) is 6.62. The van der Waals surface area contributed by atoms with Gasteiger partial charge in [-0.3, -0.25) is 9.59 Å². The van der Waals surface area contributed by atoms with E-state index in [-0.39, 0.29) is 36.2 Å². The Kier molecular flexibility index (Phi) is 6.63. The third-order valence-corrected chi connectivity index (χ3v) is 4.92. The summed E-state index contributed by atoms with van der Waals surface area (Å²) in [5.41, 5.74) is 6.69. The molecule has 2 heterocycles. The molecule has 2 amide bonds. The van der Waals surface area contributed by atoms with Gasteiger partial charge in [0.2, 0.25) is 5.91 Å². The Morgan fingerprint density at radius 3 is 2.25 bits per heavy atom. The van der Waals surface area contributed by atoms with Crippen LogP contribution >= 0.6 is 12.4 Å². The molecule has 0 saturated carbocycles. The van der Waals surface area contributed by atoms with Gasteiger partial charge in [-0.15, -0.1) is 12.4 Å². The summed E-state index contributed by atoms with van der Waals surface area (Å²) < 4.78 is 0. The van der Waals surface area contributed by atoms with Gasteiger partial charge in [0.1, 0.15) is 0 Å². The van der Waals surface area contributed by atoms with Crippen LogP contribution in [0.2, 0.25) is 0 Å². The maximum absolute atomic E-state index is 12.6. The van der Waals surface area contributed by atoms with Gasteiger partial charge in [0, 0.05) is 43.7 Å². The maximum Gasteiger partial charge on any atom is 0.253 e. The first kappa shape index (κ1) is 18.7. The van der Waals surface area contributed by atoms with Crippen LogP contribution in [0.4, 0.5) is 0 Å². The van der Waals surface area contributed by atoms with E-state index in [2.05, 4.69) is 0 Å². The first-order chi connectivity index (χ1) is 11.1. The van der Waals surface area contributed by atoms with Crippen molar-refractivity contribution in [3.63, 3.8) is 0 Å². The lowest BCUT2D eigenvalue weighted by Gasteiger charge is -2.37. The Balaban J connectivity index is 0.00000208. The van der Waals surface area contributed by atoms with E-state index in [4.69, 9.17) is 5.73 Å². The number of nitrogens with zero attached hydrogens (tertiary/aromatic N) is 2. The number of piperidine rings is 2. The van der Waals surface area contributed by atoms with Gasteiger partial charge >= 0.3 is 0 Å². The number of hydrogen-bond donors (Lipinski definition) is 1. The summed E-state index contributed by atoms with van der Waals surface area (Å²) in [6.07, 6.45) is 3.51. The first-order valence-electron chi connectivity index (χ1n) is 8.54. The van der Waals surface area contributed by atoms with Crippen LogP contribution in [0.5, 0.6) is 0 Å². The van der Waals surface area contributed by atoms with Crippen LogP contribution in [-0.2, 0) is 4.79 Å². The lowest BCUT2D eigenvalue weighted by molar-refractivity contribution is -0.138. The van der Waals surface area contributed by atoms with Gasteiger partial charge in [0.15, 0.2) is 0 Å². The minimum atomic E-state index is 0. The van der Waals surface area contributed by atoms with E-state index in [0.717, 1.165) is 37.8 Å². The van der Waals surface area contributed by atoms with E-state index in [0.29, 0.717) is 19.6 Å². The fraction of sp³-hybridized carbons (Fsp3) is 0.556. The molecular weight excluding hydrogens is 326 g/mol. The molecule has 0 aliphatic carbocycles. The molecule has 1 aromatic carbocycles. The number of nitrogens with two attached hydrogens (primary N) is 1. The fourth-order valence-electron chi connectivity index (χ4n) is 3.56. The van der Waals surface area contributed by atoms with Crippen molar-refractivity contribution >= 4 is 24.2 Å². The second-order valence-corrected chi connectivity index (χ2v) is 6.62. The number of carbonyl (C=O) groups excluding carboxylic acids is 2. The van der Waals surface area contributed by atoms with Crippen molar-refractivity contribution in [2.24, 2.45) is 11.7 Å². The third kappa shape index (κ3) is 4.28. The summed E-state index contributed by atoms with van der Waals surface area (Å²) in [5, 5.41) is 0. The average Bonchev–Trinajstić information content (AvgIpc) is 2.61. The zero-order chi connectivity index (χ0) is 16.2. The number of benzene rings is 1. The molecule has 2 aliphatic heterocycles. The Hall–Kier alpha value is -1.59. The molecule has 0 aromatic heterocycles. The molecule has 1 atom stereocenters. The molecule has 2 N–H and O–H groups in total. The topological polar surface area (TPSA) is 66.6 Å². The highest BCUT2D eigenvalue weighted by Gasteiger charge is 2.32. The van der Waals surface area contributed by atoms with Crippen LogP contribution < -0.4 is 5.73 Å². The number of rotatable bonds is 2. The smallest absolute Gasteiger partial charge is 0.253 e. The maximum atomic E-state index is 12.6. The predicted octanol–water partition coefficient (Wildman–Crippen LogP) is 1.91. The van der Waals surface area contributed by atoms with Crippen molar-refractivity contribution in [2.45, 2.75) is 31.7 Å². The summed E-state index contributed by atoms with van der Waals surface area (Å²) in [4.78, 5) is 28.8. The molecule has 1 unspecified atom stereocenters. The summed E-state index contributed by atoms with van der Waals surface area (Å²) in [6.45, 7) is 2.83. The minimum Gasteiger partial charge on any atom is -0.341 e. The lowest BCUT2D eigenvalue weighted by Crippen LogP contribution is -2.50. The Bertz CT molecular complexity index is 559. The van der Waals surface area contributed by atoms with Crippen molar-refractivity contribution in [1.82, 2.24) is 9.80 Å². The highest BCUT2D eigenvalue weighted by atomic mass is 35.5. The molecular formula is C18H26ClN3O2. The largest absolute Gasteiger partial charge is 0.341 e. The highest BCUT2D eigenvalue weighted by Crippen LogP contribution is 2.22. The lowest BCUT2D eigenvalue weighted by atomic mass is 9.93. The van der Waals surface area contributed by atoms with E-state index < -0.39 is 0 Å². The van der Waals surface area contributed by atoms with E-state index in [1.54, 1.807) is 0 Å². The quantitative estimate of drug-likeness (QED) is 0.885. The number of halogens is 1. The number of amides is 2. The van der Waals surface area contributed by atoms with Crippen LogP contribution in [0.25, 0.3) is 0 Å². The first-order valence-corrected chi connectivity index (χ1v) is 8.54. The standard InChI is InChI=1S/C18H25N3O2.ClH/c19-16-7-4-10-21(13-16)18(23)15-8-11-20(12-9-15)17(22)14-5-2-1-3-6-14;/h1-3,5-6,15-16H,4,7-13,19H2;1H. The van der Waals surface area contributed by atoms with Crippen LogP contribution in [-0.4, -0.2) is 53.8 Å². The molecule has 2 aliphatic rings. The fourth-order valence-corrected chi connectivity index (χ4v) is 3.56. The summed E-state index contributed by atoms with van der Waals surface area (Å²) in [5.74, 6) is 0.337. The molecule has 3 rings (SSSR count). The summed E-state index contributed by atoms with van der Waals surface area (Å²) in [7, 11) is 0. The zero-order valence-corrected chi connectivity index (χ0v) is 14.7. The SMILES string of the molecule is Cl.NC1CCCN(C(=O)C2CCN(C(=O)c3ccccc3)CC2)C1. The molecule has 0 radical (unpaired) electrons. The molecule has 132 valence electrons. The van der Waals surface area contributed by atoms with E-state index in [1.807, 2.05) is 40.1 Å². The Morgan fingerprint density at radius 2 is 1.62 bits per heavy atom. The van der Waals surface area contributed by atoms with E-state index in [9.17, 15) is 9.59 Å². The summed E-state index contributed by atoms with van der Waals surface area (Å²) in [6, 6.07) is 9.47. The van der Waals surface area contributed by atoms with E-state index >= 15 is 0 Å². The molecule has 2 fully saturated rings. The molecule has 24 heavy (non-hydrogen) atoms. The van der Waals surface area contributed by atoms with Crippen LogP contribution in [0.3, 0.4) is 0 Å². The van der Waals surface area contributed by atoms with Gasteiger partial charge in [-0.1, -0.05) is 18.2 Å². The van der Waals surface area contributed by atoms with Crippen LogP contribution in [0, 0.1) is 5.92 Å². The Labute approximate surface area is 149 Å². The molecule has 6 heteroatoms. The van der Waals surface area contributed by atoms with Gasteiger partial charge in [-0.05, 0) is 37.8 Å². The minimum absolute atomic E-state index is 0. The molecule has 0 spiro atoms. The molecule has 5 nitrogen and oxygen atoms in total. The normalized spacial score (nSPS) is 22.0. The molecule has 2 saturated heterocycles. The van der Waals surface area contributed by atoms with Crippen LogP contribution in [0.1, 0.15) is 36.0 Å². The van der Waals surface area contributed by atoms with Gasteiger partial charge in [-0.2, -0.15) is 0 Å². The van der Waals surface area contributed by atoms with Gasteiger partial charge in [0.25, 0.3) is 5.91 Å². The van der Waals surface area contributed by atoms with E-state index in [1.165, 1.54) is 0 Å². The second kappa shape index (κ2) is 8.49. The number of hydrogen-bond acceptors (Lipinski definition) is 3. The van der Waals surface area contributed by atoms with Gasteiger partial charge < -0.3 is 15.5 Å². The summed E-state index contributed by atoms with van der Waals surface area (Å²) >= 11 is 0. The Morgan fingerprint density at radius 1 is 0.958 bits per heavy atom. The monoisotopic (exact) mass is 351 g/mol. The third-order valence-electron chi connectivity index (χ3n) is 4.92. The predicted molar refractivity (Wildman–Crippen MR) is 96.1 cm³/mol. The van der Waals surface area contributed by atoms with Crippen molar-refractivity contribution in [3.8, 4) is 0 Å². The molecule has 1 aromatic rings. The van der Waals surface area contributed by atoms with Gasteiger partial charge in [0.05, 0.1) is 0 Å². The highest BCUT2D eigenvalue weighted by molar-refractivity contribution is 5.94. The number of carbonyl (C=O) groups is 2.